The first-order valence-electron chi connectivity index (χ1n) is 11.5. The highest BCUT2D eigenvalue weighted by atomic mass is 32.2. The van der Waals surface area contributed by atoms with Gasteiger partial charge in [0.25, 0.3) is 0 Å². The zero-order valence-corrected chi connectivity index (χ0v) is 21.0. The Morgan fingerprint density at radius 1 is 0.886 bits per heavy atom. The number of phenols is 1. The van der Waals surface area contributed by atoms with E-state index in [1.54, 1.807) is 36.0 Å². The average Bonchev–Trinajstić information content (AvgIpc) is 2.86. The highest BCUT2D eigenvalue weighted by Gasteiger charge is 2.15. The quantitative estimate of drug-likeness (QED) is 0.179. The number of hydrogen-bond donors (Lipinski definition) is 1. The van der Waals surface area contributed by atoms with Gasteiger partial charge in [0.2, 0.25) is 0 Å². The summed E-state index contributed by atoms with van der Waals surface area (Å²) in [4.78, 5) is 25.3. The summed E-state index contributed by atoms with van der Waals surface area (Å²) in [6.07, 6.45) is 2.14. The highest BCUT2D eigenvalue weighted by Crippen LogP contribution is 2.33. The number of carbonyl (C=O) groups is 2. The molecule has 0 fully saturated rings. The molecule has 0 amide bonds. The second-order valence-corrected chi connectivity index (χ2v) is 9.03. The maximum atomic E-state index is 11.7. The van der Waals surface area contributed by atoms with Gasteiger partial charge in [-0.1, -0.05) is 25.1 Å². The number of carbonyl (C=O) groups excluding carboxylic acids is 2. The van der Waals surface area contributed by atoms with E-state index in [0.717, 1.165) is 22.0 Å². The normalized spacial score (nSPS) is 10.6. The van der Waals surface area contributed by atoms with Gasteiger partial charge in [0.15, 0.2) is 5.78 Å². The summed E-state index contributed by atoms with van der Waals surface area (Å²) in [6.45, 7) is 4.38. The summed E-state index contributed by atoms with van der Waals surface area (Å²) in [6, 6.07) is 18.4. The van der Waals surface area contributed by atoms with Gasteiger partial charge in [-0.25, -0.2) is 4.79 Å². The van der Waals surface area contributed by atoms with E-state index < -0.39 is 0 Å². The molecule has 0 unspecified atom stereocenters. The van der Waals surface area contributed by atoms with Crippen LogP contribution in [0, 0.1) is 0 Å². The first-order valence-corrected chi connectivity index (χ1v) is 12.3. The summed E-state index contributed by atoms with van der Waals surface area (Å²) in [7, 11) is 1.37. The maximum Gasteiger partial charge on any atom is 0.337 e. The Morgan fingerprint density at radius 2 is 1.51 bits per heavy atom. The van der Waals surface area contributed by atoms with Gasteiger partial charge in [0.1, 0.15) is 17.2 Å². The zero-order chi connectivity index (χ0) is 25.2. The van der Waals surface area contributed by atoms with Crippen molar-refractivity contribution in [3.8, 4) is 17.2 Å². The number of Topliss-reactive ketones (excluding diaryl/α,β-unsaturated/α-hetero) is 1. The fraction of sp³-hybridized carbons (Fsp3) is 0.286. The van der Waals surface area contributed by atoms with Gasteiger partial charge in [-0.3, -0.25) is 4.79 Å². The van der Waals surface area contributed by atoms with Gasteiger partial charge in [-0.2, -0.15) is 0 Å². The smallest absolute Gasteiger partial charge is 0.337 e. The molecule has 184 valence electrons. The fourth-order valence-electron chi connectivity index (χ4n) is 3.48. The largest absolute Gasteiger partial charge is 0.507 e. The molecular weight excluding hydrogens is 464 g/mol. The van der Waals surface area contributed by atoms with Crippen molar-refractivity contribution in [2.75, 3.05) is 20.3 Å². The standard InChI is InChI=1S/C28H30O6S/c1-4-6-25-26(16-15-24(19(2)29)27(25)30)34-18-5-17-33-21-9-13-23(14-10-21)35-22-11-7-20(8-12-22)28(31)32-3/h7-16,30H,4-6,17-18H2,1-3H3. The SMILES string of the molecule is CCCc1c(OCCCOc2ccc(Sc3ccc(C(=O)OC)cc3)cc2)ccc(C(C)=O)c1O. The lowest BCUT2D eigenvalue weighted by Crippen LogP contribution is -2.07. The van der Waals surface area contributed by atoms with Crippen LogP contribution in [0.5, 0.6) is 17.2 Å². The molecule has 3 aromatic carbocycles. The van der Waals surface area contributed by atoms with Crippen LogP contribution in [-0.2, 0) is 11.2 Å². The summed E-state index contributed by atoms with van der Waals surface area (Å²) in [5.74, 6) is 0.880. The number of rotatable bonds is 12. The van der Waals surface area contributed by atoms with E-state index in [4.69, 9.17) is 14.2 Å². The van der Waals surface area contributed by atoms with Crippen molar-refractivity contribution in [2.24, 2.45) is 0 Å². The third kappa shape index (κ3) is 7.26. The van der Waals surface area contributed by atoms with E-state index >= 15 is 0 Å². The Kier molecular flexibility index (Phi) is 9.61. The van der Waals surface area contributed by atoms with Crippen LogP contribution in [0.2, 0.25) is 0 Å². The predicted octanol–water partition coefficient (Wildman–Crippen LogP) is 6.33. The molecule has 3 aromatic rings. The molecule has 0 radical (unpaired) electrons. The molecule has 0 aliphatic carbocycles. The minimum absolute atomic E-state index is 0.0190. The molecule has 0 aliphatic rings. The first kappa shape index (κ1) is 26.2. The van der Waals surface area contributed by atoms with Gasteiger partial charge in [0.05, 0.1) is 31.5 Å². The Morgan fingerprint density at radius 3 is 2.11 bits per heavy atom. The predicted molar refractivity (Wildman–Crippen MR) is 136 cm³/mol. The van der Waals surface area contributed by atoms with E-state index in [1.807, 2.05) is 43.3 Å². The number of aromatic hydroxyl groups is 1. The van der Waals surface area contributed by atoms with Gasteiger partial charge in [-0.05, 0) is 74.0 Å². The molecule has 0 atom stereocenters. The molecule has 0 saturated heterocycles. The van der Waals surface area contributed by atoms with Crippen LogP contribution in [0.1, 0.15) is 53.0 Å². The van der Waals surface area contributed by atoms with Gasteiger partial charge in [0, 0.05) is 21.8 Å². The van der Waals surface area contributed by atoms with Crippen molar-refractivity contribution < 1.29 is 28.9 Å². The van der Waals surface area contributed by atoms with Crippen molar-refractivity contribution in [3.63, 3.8) is 0 Å². The lowest BCUT2D eigenvalue weighted by atomic mass is 10.0. The molecule has 35 heavy (non-hydrogen) atoms. The highest BCUT2D eigenvalue weighted by molar-refractivity contribution is 7.99. The fourth-order valence-corrected chi connectivity index (χ4v) is 4.29. The molecule has 0 bridgehead atoms. The van der Waals surface area contributed by atoms with Crippen LogP contribution in [0.3, 0.4) is 0 Å². The topological polar surface area (TPSA) is 82.1 Å². The molecule has 0 heterocycles. The van der Waals surface area contributed by atoms with Crippen LogP contribution < -0.4 is 9.47 Å². The maximum absolute atomic E-state index is 11.7. The Labute approximate surface area is 210 Å². The van der Waals surface area contributed by atoms with Crippen molar-refractivity contribution in [1.82, 2.24) is 0 Å². The molecule has 0 aromatic heterocycles. The van der Waals surface area contributed by atoms with E-state index in [1.165, 1.54) is 14.0 Å². The van der Waals surface area contributed by atoms with Crippen LogP contribution in [0.4, 0.5) is 0 Å². The van der Waals surface area contributed by atoms with E-state index in [9.17, 15) is 14.7 Å². The molecule has 6 nitrogen and oxygen atoms in total. The lowest BCUT2D eigenvalue weighted by molar-refractivity contribution is 0.0600. The summed E-state index contributed by atoms with van der Waals surface area (Å²) < 4.78 is 16.4. The van der Waals surface area contributed by atoms with E-state index in [-0.39, 0.29) is 17.5 Å². The van der Waals surface area contributed by atoms with E-state index in [2.05, 4.69) is 0 Å². The minimum atomic E-state index is -0.348. The van der Waals surface area contributed by atoms with E-state index in [0.29, 0.717) is 48.5 Å². The van der Waals surface area contributed by atoms with Crippen molar-refractivity contribution >= 4 is 23.5 Å². The van der Waals surface area contributed by atoms with Gasteiger partial charge >= 0.3 is 5.97 Å². The number of ether oxygens (including phenoxy) is 3. The zero-order valence-electron chi connectivity index (χ0n) is 20.2. The van der Waals surface area contributed by atoms with Crippen LogP contribution in [-0.4, -0.2) is 37.2 Å². The third-order valence-corrected chi connectivity index (χ3v) is 6.28. The number of hydrogen-bond acceptors (Lipinski definition) is 7. The monoisotopic (exact) mass is 494 g/mol. The van der Waals surface area contributed by atoms with Gasteiger partial charge in [-0.15, -0.1) is 0 Å². The van der Waals surface area contributed by atoms with Crippen molar-refractivity contribution in [2.45, 2.75) is 42.9 Å². The minimum Gasteiger partial charge on any atom is -0.507 e. The van der Waals surface area contributed by atoms with Crippen LogP contribution in [0.15, 0.2) is 70.5 Å². The first-order chi connectivity index (χ1) is 16.9. The number of phenolic OH excluding ortho intramolecular Hbond substituents is 1. The van der Waals surface area contributed by atoms with Crippen molar-refractivity contribution in [3.05, 3.63) is 77.4 Å². The molecular formula is C28H30O6S. The second-order valence-electron chi connectivity index (χ2n) is 7.88. The number of ketones is 1. The average molecular weight is 495 g/mol. The van der Waals surface area contributed by atoms with Crippen LogP contribution >= 0.6 is 11.8 Å². The number of methoxy groups -OCH3 is 1. The Bertz CT molecular complexity index is 1140. The summed E-state index contributed by atoms with van der Waals surface area (Å²) >= 11 is 1.59. The van der Waals surface area contributed by atoms with Gasteiger partial charge < -0.3 is 19.3 Å². The van der Waals surface area contributed by atoms with Crippen molar-refractivity contribution in [1.29, 1.82) is 0 Å². The lowest BCUT2D eigenvalue weighted by Gasteiger charge is -2.15. The second kappa shape index (κ2) is 12.9. The number of esters is 1. The molecule has 1 N–H and O–H groups in total. The van der Waals surface area contributed by atoms with Crippen LogP contribution in [0.25, 0.3) is 0 Å². The Hall–Kier alpha value is -3.45. The Balaban J connectivity index is 1.46. The molecule has 0 saturated carbocycles. The number of benzene rings is 3. The molecule has 0 aliphatic heterocycles. The summed E-state index contributed by atoms with van der Waals surface area (Å²) in [5, 5.41) is 10.4. The molecule has 3 rings (SSSR count). The molecule has 7 heteroatoms. The summed E-state index contributed by atoms with van der Waals surface area (Å²) in [5.41, 5.74) is 1.52. The molecule has 0 spiro atoms. The third-order valence-electron chi connectivity index (χ3n) is 5.27.